The van der Waals surface area contributed by atoms with E-state index < -0.39 is 11.5 Å². The Bertz CT molecular complexity index is 947. The molecule has 7 nitrogen and oxygen atoms in total. The highest BCUT2D eigenvalue weighted by atomic mass is 16.5. The molecule has 1 aromatic carbocycles. The Kier molecular flexibility index (Phi) is 6.38. The predicted molar refractivity (Wildman–Crippen MR) is 120 cm³/mol. The number of hydrogen-bond donors (Lipinski definition) is 1. The number of nitrogens with zero attached hydrogens (tertiary/aromatic N) is 3. The highest BCUT2D eigenvalue weighted by molar-refractivity contribution is 5.92. The minimum Gasteiger partial charge on any atom is -0.391 e. The third kappa shape index (κ3) is 4.18. The summed E-state index contributed by atoms with van der Waals surface area (Å²) in [4.78, 5) is 30.3. The van der Waals surface area contributed by atoms with Crippen LogP contribution in [0.4, 0.5) is 0 Å². The van der Waals surface area contributed by atoms with Crippen LogP contribution in [0, 0.1) is 11.3 Å². The minimum absolute atomic E-state index is 0.102. The molecule has 2 fully saturated rings. The lowest BCUT2D eigenvalue weighted by molar-refractivity contribution is -0.164. The van der Waals surface area contributed by atoms with Crippen molar-refractivity contribution in [2.24, 2.45) is 11.3 Å². The normalized spacial score (nSPS) is 23.2. The molecule has 2 aromatic rings. The number of piperidine rings is 2. The zero-order valence-electron chi connectivity index (χ0n) is 19.2. The van der Waals surface area contributed by atoms with E-state index in [0.717, 1.165) is 11.3 Å². The highest BCUT2D eigenvalue weighted by Gasteiger charge is 2.52. The van der Waals surface area contributed by atoms with Crippen LogP contribution in [-0.4, -0.2) is 57.6 Å². The van der Waals surface area contributed by atoms with Crippen LogP contribution in [0.25, 0.3) is 0 Å². The number of benzene rings is 1. The predicted octanol–water partition coefficient (Wildman–Crippen LogP) is 3.45. The van der Waals surface area contributed by atoms with E-state index in [-0.39, 0.29) is 29.5 Å². The van der Waals surface area contributed by atoms with E-state index in [1.165, 1.54) is 0 Å². The largest absolute Gasteiger partial charge is 0.391 e. The Labute approximate surface area is 189 Å². The number of aliphatic hydroxyl groups excluding tert-OH is 1. The summed E-state index contributed by atoms with van der Waals surface area (Å²) in [6.45, 7) is 7.66. The van der Waals surface area contributed by atoms with E-state index in [0.29, 0.717) is 45.3 Å². The lowest BCUT2D eigenvalue weighted by atomic mass is 9.68. The van der Waals surface area contributed by atoms with Gasteiger partial charge in [-0.1, -0.05) is 56.3 Å². The fraction of sp³-hybridized carbons (Fsp3) is 0.560. The molecule has 1 aromatic heterocycles. The number of carbonyl (C=O) groups excluding carboxylic acids is 2. The summed E-state index contributed by atoms with van der Waals surface area (Å²) < 4.78 is 5.21. The smallest absolute Gasteiger partial charge is 0.292 e. The molecule has 2 amide bonds. The number of likely N-dealkylation sites (tertiary alicyclic amines) is 2. The van der Waals surface area contributed by atoms with Gasteiger partial charge in [0.2, 0.25) is 11.7 Å². The van der Waals surface area contributed by atoms with Crippen molar-refractivity contribution in [3.63, 3.8) is 0 Å². The molecule has 7 heteroatoms. The Morgan fingerprint density at radius 3 is 2.53 bits per heavy atom. The molecule has 0 unspecified atom stereocenters. The maximum atomic E-state index is 13.8. The van der Waals surface area contributed by atoms with Gasteiger partial charge in [-0.3, -0.25) is 9.59 Å². The molecule has 0 radical (unpaired) electrons. The van der Waals surface area contributed by atoms with Gasteiger partial charge >= 0.3 is 0 Å². The summed E-state index contributed by atoms with van der Waals surface area (Å²) in [5, 5.41) is 15.1. The second-order valence-corrected chi connectivity index (χ2v) is 9.59. The SMILES string of the molecule is CCc1cc(C(=O)N2CCC3(CC2)C[C@@H](O)[C@H](c2ccccc2)N(CC(C)C)C3=O)on1. The van der Waals surface area contributed by atoms with Crippen molar-refractivity contribution in [3.8, 4) is 0 Å². The Hall–Kier alpha value is -2.67. The summed E-state index contributed by atoms with van der Waals surface area (Å²) in [6.07, 6.45) is 1.57. The summed E-state index contributed by atoms with van der Waals surface area (Å²) in [6, 6.07) is 11.2. The zero-order chi connectivity index (χ0) is 22.9. The highest BCUT2D eigenvalue weighted by Crippen LogP contribution is 2.47. The standard InChI is InChI=1S/C25H33N3O4/c1-4-19-14-21(32-26-19)23(30)27-12-10-25(11-13-27)15-20(29)22(18-8-6-5-7-9-18)28(24(25)31)16-17(2)3/h5-9,14,17,20,22,29H,4,10-13,15-16H2,1-3H3/t20-,22+/m1/s1. The molecule has 2 aliphatic rings. The molecular formula is C25H33N3O4. The lowest BCUT2D eigenvalue weighted by Gasteiger charge is -2.51. The van der Waals surface area contributed by atoms with E-state index in [2.05, 4.69) is 19.0 Å². The summed E-state index contributed by atoms with van der Waals surface area (Å²) in [5.74, 6) is 0.453. The minimum atomic E-state index is -0.641. The molecule has 2 aliphatic heterocycles. The molecule has 4 rings (SSSR count). The van der Waals surface area contributed by atoms with Gasteiger partial charge in [-0.15, -0.1) is 0 Å². The zero-order valence-corrected chi connectivity index (χ0v) is 19.2. The first kappa shape index (κ1) is 22.5. The molecule has 32 heavy (non-hydrogen) atoms. The van der Waals surface area contributed by atoms with Gasteiger partial charge in [-0.25, -0.2) is 0 Å². The van der Waals surface area contributed by atoms with E-state index in [9.17, 15) is 14.7 Å². The van der Waals surface area contributed by atoms with E-state index in [1.54, 1.807) is 11.0 Å². The van der Waals surface area contributed by atoms with E-state index in [4.69, 9.17) is 4.52 Å². The maximum Gasteiger partial charge on any atom is 0.292 e. The van der Waals surface area contributed by atoms with Crippen LogP contribution in [0.1, 0.15) is 67.9 Å². The quantitative estimate of drug-likeness (QED) is 0.771. The van der Waals surface area contributed by atoms with Crippen molar-refractivity contribution in [1.29, 1.82) is 0 Å². The number of rotatable bonds is 5. The topological polar surface area (TPSA) is 86.9 Å². The molecule has 3 heterocycles. The molecule has 172 valence electrons. The van der Waals surface area contributed by atoms with E-state index >= 15 is 0 Å². The molecule has 1 N–H and O–H groups in total. The van der Waals surface area contributed by atoms with Crippen molar-refractivity contribution in [3.05, 3.63) is 53.4 Å². The molecule has 2 saturated heterocycles. The van der Waals surface area contributed by atoms with Crippen molar-refractivity contribution in [2.75, 3.05) is 19.6 Å². The number of aliphatic hydroxyl groups is 1. The van der Waals surface area contributed by atoms with Gasteiger partial charge in [0.25, 0.3) is 5.91 Å². The summed E-state index contributed by atoms with van der Waals surface area (Å²) in [5.41, 5.74) is 1.09. The van der Waals surface area contributed by atoms with Crippen LogP contribution in [0.5, 0.6) is 0 Å². The molecule has 0 bridgehead atoms. The van der Waals surface area contributed by atoms with Crippen LogP contribution >= 0.6 is 0 Å². The van der Waals surface area contributed by atoms with Gasteiger partial charge < -0.3 is 19.4 Å². The Balaban J connectivity index is 1.53. The van der Waals surface area contributed by atoms with Gasteiger partial charge in [-0.05, 0) is 37.2 Å². The van der Waals surface area contributed by atoms with E-state index in [1.807, 2.05) is 42.2 Å². The summed E-state index contributed by atoms with van der Waals surface area (Å²) >= 11 is 0. The number of carbonyl (C=O) groups is 2. The van der Waals surface area contributed by atoms with Gasteiger partial charge in [0.15, 0.2) is 0 Å². The second-order valence-electron chi connectivity index (χ2n) is 9.59. The molecular weight excluding hydrogens is 406 g/mol. The maximum absolute atomic E-state index is 13.8. The van der Waals surface area contributed by atoms with Crippen molar-refractivity contribution in [2.45, 2.75) is 58.6 Å². The first-order chi connectivity index (χ1) is 15.3. The first-order valence-corrected chi connectivity index (χ1v) is 11.6. The number of aryl methyl sites for hydroxylation is 1. The lowest BCUT2D eigenvalue weighted by Crippen LogP contribution is -2.59. The fourth-order valence-corrected chi connectivity index (χ4v) is 5.17. The van der Waals surface area contributed by atoms with Gasteiger partial charge in [-0.2, -0.15) is 0 Å². The first-order valence-electron chi connectivity index (χ1n) is 11.6. The third-order valence-corrected chi connectivity index (χ3v) is 6.86. The van der Waals surface area contributed by atoms with Crippen LogP contribution in [0.3, 0.4) is 0 Å². The third-order valence-electron chi connectivity index (χ3n) is 6.86. The van der Waals surface area contributed by atoms with Crippen LogP contribution in [0.15, 0.2) is 40.9 Å². The van der Waals surface area contributed by atoms with Crippen molar-refractivity contribution in [1.82, 2.24) is 15.0 Å². The van der Waals surface area contributed by atoms with Crippen LogP contribution in [-0.2, 0) is 11.2 Å². The number of amides is 2. The Morgan fingerprint density at radius 2 is 1.94 bits per heavy atom. The van der Waals surface area contributed by atoms with Crippen molar-refractivity contribution < 1.29 is 19.2 Å². The molecule has 0 aliphatic carbocycles. The number of aromatic nitrogens is 1. The number of hydrogen-bond acceptors (Lipinski definition) is 5. The van der Waals surface area contributed by atoms with Gasteiger partial charge in [0, 0.05) is 25.7 Å². The Morgan fingerprint density at radius 1 is 1.25 bits per heavy atom. The van der Waals surface area contributed by atoms with Gasteiger partial charge in [0.1, 0.15) is 0 Å². The average Bonchev–Trinajstić information content (AvgIpc) is 3.27. The monoisotopic (exact) mass is 439 g/mol. The summed E-state index contributed by atoms with van der Waals surface area (Å²) in [7, 11) is 0. The van der Waals surface area contributed by atoms with Crippen molar-refractivity contribution >= 4 is 11.8 Å². The fourth-order valence-electron chi connectivity index (χ4n) is 5.17. The second kappa shape index (κ2) is 9.06. The molecule has 1 spiro atoms. The van der Waals surface area contributed by atoms with Crippen LogP contribution in [0.2, 0.25) is 0 Å². The van der Waals surface area contributed by atoms with Crippen LogP contribution < -0.4 is 0 Å². The van der Waals surface area contributed by atoms with Gasteiger partial charge in [0.05, 0.1) is 23.3 Å². The average molecular weight is 440 g/mol. The molecule has 2 atom stereocenters. The molecule has 0 saturated carbocycles.